The van der Waals surface area contributed by atoms with Crippen LogP contribution in [0.25, 0.3) is 0 Å². The molecule has 1 unspecified atom stereocenters. The first kappa shape index (κ1) is 77.4. The zero-order chi connectivity index (χ0) is 57.8. The highest BCUT2D eigenvalue weighted by Crippen LogP contribution is 2.19. The molecule has 0 spiro atoms. The van der Waals surface area contributed by atoms with Crippen molar-refractivity contribution in [3.8, 4) is 0 Å². The quantitative estimate of drug-likeness (QED) is 0.0261. The molecule has 0 aromatic rings. The molecule has 0 N–H and O–H groups in total. The van der Waals surface area contributed by atoms with Gasteiger partial charge in [0.05, 0.1) is 0 Å². The fourth-order valence-corrected chi connectivity index (χ4v) is 10.8. The van der Waals surface area contributed by atoms with Crippen LogP contribution >= 0.6 is 0 Å². The van der Waals surface area contributed by atoms with Crippen LogP contribution in [0, 0.1) is 0 Å². The molecule has 0 saturated heterocycles. The van der Waals surface area contributed by atoms with Crippen molar-refractivity contribution >= 4 is 17.9 Å². The van der Waals surface area contributed by atoms with Crippen molar-refractivity contribution in [2.45, 2.75) is 393 Å². The lowest BCUT2D eigenvalue weighted by Gasteiger charge is -2.18. The van der Waals surface area contributed by atoms with Crippen molar-refractivity contribution in [3.05, 3.63) is 48.6 Å². The minimum absolute atomic E-state index is 0.0667. The van der Waals surface area contributed by atoms with Gasteiger partial charge >= 0.3 is 17.9 Å². The Hall–Kier alpha value is -2.63. The maximum absolute atomic E-state index is 13.0. The van der Waals surface area contributed by atoms with Gasteiger partial charge in [-0.15, -0.1) is 0 Å². The molecule has 0 aliphatic rings. The molecule has 0 heterocycles. The predicted molar refractivity (Wildman–Crippen MR) is 349 cm³/mol. The highest BCUT2D eigenvalue weighted by molar-refractivity contribution is 5.71. The summed E-state index contributed by atoms with van der Waals surface area (Å²) in [7, 11) is 0. The van der Waals surface area contributed by atoms with E-state index in [2.05, 4.69) is 69.4 Å². The fraction of sp³-hybridized carbons (Fsp3) is 0.851. The summed E-state index contributed by atoms with van der Waals surface area (Å²) in [6.07, 6.45) is 87.0. The Morgan fingerprint density at radius 3 is 0.762 bits per heavy atom. The summed E-state index contributed by atoms with van der Waals surface area (Å²) in [5, 5.41) is 0. The minimum atomic E-state index is -0.771. The van der Waals surface area contributed by atoms with Gasteiger partial charge in [-0.05, 0) is 57.8 Å². The molecular weight excluding hydrogens is 985 g/mol. The highest BCUT2D eigenvalue weighted by atomic mass is 16.6. The number of carbonyl (C=O) groups is 3. The van der Waals surface area contributed by atoms with E-state index in [0.29, 0.717) is 19.3 Å². The van der Waals surface area contributed by atoms with E-state index < -0.39 is 6.10 Å². The maximum atomic E-state index is 13.0. The number of carbonyl (C=O) groups excluding carboxylic acids is 3. The number of allylic oxidation sites excluding steroid dienone is 8. The number of hydrogen-bond donors (Lipinski definition) is 0. The second kappa shape index (κ2) is 68.9. The van der Waals surface area contributed by atoms with E-state index in [1.165, 1.54) is 263 Å². The van der Waals surface area contributed by atoms with Crippen molar-refractivity contribution in [2.24, 2.45) is 0 Å². The summed E-state index contributed by atoms with van der Waals surface area (Å²) in [6.45, 7) is 6.61. The summed E-state index contributed by atoms with van der Waals surface area (Å²) in [5.74, 6) is -0.837. The van der Waals surface area contributed by atoms with Crippen LogP contribution in [0.5, 0.6) is 0 Å². The lowest BCUT2D eigenvalue weighted by atomic mass is 10.0. The van der Waals surface area contributed by atoms with Crippen LogP contribution in [0.3, 0.4) is 0 Å². The third-order valence-electron chi connectivity index (χ3n) is 16.1. The van der Waals surface area contributed by atoms with Gasteiger partial charge in [0.2, 0.25) is 0 Å². The largest absolute Gasteiger partial charge is 0.462 e. The van der Waals surface area contributed by atoms with Crippen LogP contribution in [0.15, 0.2) is 48.6 Å². The van der Waals surface area contributed by atoms with Crippen molar-refractivity contribution < 1.29 is 28.6 Å². The van der Waals surface area contributed by atoms with E-state index in [9.17, 15) is 14.4 Å². The van der Waals surface area contributed by atoms with Gasteiger partial charge in [-0.25, -0.2) is 0 Å². The smallest absolute Gasteiger partial charge is 0.306 e. The summed E-state index contributed by atoms with van der Waals surface area (Å²) in [6, 6.07) is 0. The molecule has 0 aromatic carbocycles. The molecule has 0 aliphatic carbocycles. The third kappa shape index (κ3) is 66.2. The van der Waals surface area contributed by atoms with Crippen LogP contribution in [0.1, 0.15) is 387 Å². The molecule has 0 aliphatic heterocycles. The Labute approximate surface area is 498 Å². The van der Waals surface area contributed by atoms with E-state index in [-0.39, 0.29) is 31.1 Å². The third-order valence-corrected chi connectivity index (χ3v) is 16.1. The number of ether oxygens (including phenoxy) is 3. The van der Waals surface area contributed by atoms with E-state index in [1.54, 1.807) is 0 Å². The molecule has 0 amide bonds. The maximum Gasteiger partial charge on any atom is 0.306 e. The predicted octanol–water partition coefficient (Wildman–Crippen LogP) is 24.5. The fourth-order valence-electron chi connectivity index (χ4n) is 10.8. The van der Waals surface area contributed by atoms with E-state index in [4.69, 9.17) is 14.2 Å². The van der Waals surface area contributed by atoms with Gasteiger partial charge in [-0.2, -0.15) is 0 Å². The average Bonchev–Trinajstić information content (AvgIpc) is 3.46. The van der Waals surface area contributed by atoms with E-state index in [1.807, 2.05) is 0 Å². The lowest BCUT2D eigenvalue weighted by Crippen LogP contribution is -2.30. The normalized spacial score (nSPS) is 12.3. The van der Waals surface area contributed by atoms with Crippen molar-refractivity contribution in [2.75, 3.05) is 13.2 Å². The van der Waals surface area contributed by atoms with Crippen molar-refractivity contribution in [1.29, 1.82) is 0 Å². The lowest BCUT2D eigenvalue weighted by molar-refractivity contribution is -0.167. The first-order valence-electron chi connectivity index (χ1n) is 35.6. The van der Waals surface area contributed by atoms with E-state index in [0.717, 1.165) is 83.5 Å². The molecule has 0 fully saturated rings. The molecule has 0 radical (unpaired) electrons. The SMILES string of the molecule is CC/C=C\C/C=C\C/C=C\C/C=C\CCCCCCCCCCCCCCC(=O)OCC(COC(=O)CCCCCCCCCCCCCCCCCCC)OC(=O)CCCCCCCCCCCCCCCCCCCCCC. The van der Waals surface area contributed by atoms with Gasteiger partial charge in [-0.3, -0.25) is 14.4 Å². The molecule has 1 atom stereocenters. The Bertz CT molecular complexity index is 1380. The number of esters is 3. The summed E-state index contributed by atoms with van der Waals surface area (Å²) < 4.78 is 17.0. The van der Waals surface area contributed by atoms with Gasteiger partial charge in [0.25, 0.3) is 0 Å². The summed E-state index contributed by atoms with van der Waals surface area (Å²) >= 11 is 0. The number of hydrogen-bond acceptors (Lipinski definition) is 6. The first-order valence-corrected chi connectivity index (χ1v) is 35.6. The molecule has 6 heteroatoms. The van der Waals surface area contributed by atoms with Gasteiger partial charge in [0.15, 0.2) is 6.10 Å². The standard InChI is InChI=1S/C74H136O6/c1-4-7-10-13-16-19-22-25-28-31-33-35-36-37-38-39-41-43-46-49-52-55-58-61-64-67-73(76)79-70-71(69-78-72(75)66-63-60-57-54-51-48-45-42-30-27-24-21-18-15-12-9-6-3)80-74(77)68-65-62-59-56-53-50-47-44-40-34-32-29-26-23-20-17-14-11-8-5-2/h7,10,16,19,25,28,33,35,71H,4-6,8-9,11-15,17-18,20-24,26-27,29-32,34,36-70H2,1-3H3/b10-7-,19-16-,28-25-,35-33-. The topological polar surface area (TPSA) is 78.9 Å². The number of rotatable bonds is 66. The zero-order valence-corrected chi connectivity index (χ0v) is 53.9. The van der Waals surface area contributed by atoms with Gasteiger partial charge in [0, 0.05) is 19.3 Å². The summed E-state index contributed by atoms with van der Waals surface area (Å²) in [4.78, 5) is 38.5. The average molecular weight is 1120 g/mol. The monoisotopic (exact) mass is 1120 g/mol. The molecule has 80 heavy (non-hydrogen) atoms. The highest BCUT2D eigenvalue weighted by Gasteiger charge is 2.19. The molecule has 468 valence electrons. The summed E-state index contributed by atoms with van der Waals surface area (Å²) in [5.41, 5.74) is 0. The first-order chi connectivity index (χ1) is 39.5. The molecule has 0 aromatic heterocycles. The van der Waals surface area contributed by atoms with Gasteiger partial charge in [0.1, 0.15) is 13.2 Å². The van der Waals surface area contributed by atoms with Gasteiger partial charge in [-0.1, -0.05) is 358 Å². The second-order valence-electron chi connectivity index (χ2n) is 24.1. The Morgan fingerprint density at radius 2 is 0.487 bits per heavy atom. The molecule has 0 bridgehead atoms. The van der Waals surface area contributed by atoms with Crippen molar-refractivity contribution in [1.82, 2.24) is 0 Å². The van der Waals surface area contributed by atoms with Crippen LogP contribution < -0.4 is 0 Å². The van der Waals surface area contributed by atoms with E-state index >= 15 is 0 Å². The van der Waals surface area contributed by atoms with Crippen LogP contribution in [-0.2, 0) is 28.6 Å². The van der Waals surface area contributed by atoms with Crippen LogP contribution in [-0.4, -0.2) is 37.2 Å². The van der Waals surface area contributed by atoms with Crippen molar-refractivity contribution in [3.63, 3.8) is 0 Å². The molecule has 0 rings (SSSR count). The van der Waals surface area contributed by atoms with Crippen LogP contribution in [0.4, 0.5) is 0 Å². The molecule has 6 nitrogen and oxygen atoms in total. The van der Waals surface area contributed by atoms with Gasteiger partial charge < -0.3 is 14.2 Å². The van der Waals surface area contributed by atoms with Crippen LogP contribution in [0.2, 0.25) is 0 Å². The Morgan fingerprint density at radius 1 is 0.263 bits per heavy atom. The Balaban J connectivity index is 4.29. The minimum Gasteiger partial charge on any atom is -0.462 e. The second-order valence-corrected chi connectivity index (χ2v) is 24.1. The molecular formula is C74H136O6. The number of unbranched alkanes of at least 4 members (excludes halogenated alkanes) is 47. The zero-order valence-electron chi connectivity index (χ0n) is 53.9. The molecule has 0 saturated carbocycles. The Kier molecular flexibility index (Phi) is 66.6.